The van der Waals surface area contributed by atoms with E-state index in [2.05, 4.69) is 27.6 Å². The lowest BCUT2D eigenvalue weighted by Crippen LogP contribution is -2.04. The van der Waals surface area contributed by atoms with Gasteiger partial charge in [-0.25, -0.2) is 9.97 Å². The van der Waals surface area contributed by atoms with Gasteiger partial charge in [-0.15, -0.1) is 11.3 Å². The monoisotopic (exact) mass is 233 g/mol. The summed E-state index contributed by atoms with van der Waals surface area (Å²) in [5.41, 5.74) is 2.33. The number of fused-ring (bicyclic) bond motifs is 1. The molecule has 84 valence electrons. The third-order valence-electron chi connectivity index (χ3n) is 3.07. The fourth-order valence-corrected chi connectivity index (χ4v) is 2.86. The van der Waals surface area contributed by atoms with E-state index in [0.717, 1.165) is 23.8 Å². The molecule has 1 fully saturated rings. The van der Waals surface area contributed by atoms with E-state index in [0.29, 0.717) is 0 Å². The summed E-state index contributed by atoms with van der Waals surface area (Å²) in [5.74, 6) is 1.97. The van der Waals surface area contributed by atoms with Crippen LogP contribution in [0.5, 0.6) is 0 Å². The summed E-state index contributed by atoms with van der Waals surface area (Å²) in [5, 5.41) is 5.58. The maximum absolute atomic E-state index is 4.33. The van der Waals surface area contributed by atoms with Crippen molar-refractivity contribution in [1.29, 1.82) is 0 Å². The fourth-order valence-electron chi connectivity index (χ4n) is 1.90. The minimum Gasteiger partial charge on any atom is -0.369 e. The number of anilines is 1. The van der Waals surface area contributed by atoms with Crippen LogP contribution < -0.4 is 5.32 Å². The number of nitrogens with zero attached hydrogens (tertiary/aromatic N) is 2. The van der Waals surface area contributed by atoms with E-state index < -0.39 is 0 Å². The first-order valence-corrected chi connectivity index (χ1v) is 6.65. The van der Waals surface area contributed by atoms with Gasteiger partial charge in [-0.1, -0.05) is 12.8 Å². The van der Waals surface area contributed by atoms with Crippen LogP contribution in [0.1, 0.15) is 24.8 Å². The minimum absolute atomic E-state index is 0.967. The Morgan fingerprint density at radius 2 is 2.31 bits per heavy atom. The summed E-state index contributed by atoms with van der Waals surface area (Å²) in [6.45, 7) is 3.13. The Morgan fingerprint density at radius 1 is 1.44 bits per heavy atom. The Morgan fingerprint density at radius 3 is 3.12 bits per heavy atom. The molecule has 1 aliphatic rings. The van der Waals surface area contributed by atoms with Crippen LogP contribution in [0.4, 0.5) is 5.82 Å². The minimum atomic E-state index is 0.967. The van der Waals surface area contributed by atoms with Gasteiger partial charge in [0.2, 0.25) is 0 Å². The highest BCUT2D eigenvalue weighted by atomic mass is 32.1. The summed E-state index contributed by atoms with van der Waals surface area (Å²) in [4.78, 5) is 8.64. The number of thiophene rings is 1. The Kier molecular flexibility index (Phi) is 2.52. The zero-order valence-corrected chi connectivity index (χ0v) is 10.2. The molecule has 2 aromatic heterocycles. The molecule has 0 aliphatic heterocycles. The first kappa shape index (κ1) is 10.0. The molecule has 0 radical (unpaired) electrons. The van der Waals surface area contributed by atoms with Crippen LogP contribution in [0.2, 0.25) is 0 Å². The number of hydrogen-bond donors (Lipinski definition) is 1. The Hall–Kier alpha value is -1.16. The molecule has 0 unspecified atom stereocenters. The molecule has 1 aliphatic carbocycles. The second-order valence-electron chi connectivity index (χ2n) is 4.48. The SMILES string of the molecule is Cc1csc2c(NCCC3CC3)ncnc12. The standard InChI is InChI=1S/C12H15N3S/c1-8-6-16-11-10(8)14-7-15-12(11)13-5-4-9-2-3-9/h6-7,9H,2-5H2,1H3,(H,13,14,15). The van der Waals surface area contributed by atoms with Gasteiger partial charge in [0.05, 0.1) is 10.2 Å². The van der Waals surface area contributed by atoms with Crippen molar-refractivity contribution in [3.8, 4) is 0 Å². The van der Waals surface area contributed by atoms with E-state index in [9.17, 15) is 0 Å². The lowest BCUT2D eigenvalue weighted by molar-refractivity contribution is 0.759. The van der Waals surface area contributed by atoms with Crippen LogP contribution >= 0.6 is 11.3 Å². The van der Waals surface area contributed by atoms with Crippen LogP contribution in [-0.2, 0) is 0 Å². The molecule has 2 heterocycles. The van der Waals surface area contributed by atoms with E-state index >= 15 is 0 Å². The fraction of sp³-hybridized carbons (Fsp3) is 0.500. The molecule has 1 saturated carbocycles. The molecule has 3 rings (SSSR count). The number of rotatable bonds is 4. The lowest BCUT2D eigenvalue weighted by Gasteiger charge is -2.05. The molecular weight excluding hydrogens is 218 g/mol. The second-order valence-corrected chi connectivity index (χ2v) is 5.36. The van der Waals surface area contributed by atoms with Gasteiger partial charge >= 0.3 is 0 Å². The van der Waals surface area contributed by atoms with E-state index in [4.69, 9.17) is 0 Å². The van der Waals surface area contributed by atoms with Gasteiger partial charge < -0.3 is 5.32 Å². The van der Waals surface area contributed by atoms with Gasteiger partial charge in [0, 0.05) is 6.54 Å². The van der Waals surface area contributed by atoms with Crippen LogP contribution in [0, 0.1) is 12.8 Å². The van der Waals surface area contributed by atoms with Crippen LogP contribution in [0.15, 0.2) is 11.7 Å². The highest BCUT2D eigenvalue weighted by Crippen LogP contribution is 2.33. The van der Waals surface area contributed by atoms with E-state index in [1.165, 1.54) is 29.5 Å². The Bertz CT molecular complexity index is 502. The summed E-state index contributed by atoms with van der Waals surface area (Å²) < 4.78 is 1.19. The van der Waals surface area contributed by atoms with Gasteiger partial charge in [-0.05, 0) is 30.2 Å². The van der Waals surface area contributed by atoms with Crippen molar-refractivity contribution >= 4 is 27.4 Å². The van der Waals surface area contributed by atoms with E-state index in [-0.39, 0.29) is 0 Å². The van der Waals surface area contributed by atoms with Gasteiger partial charge in [-0.3, -0.25) is 0 Å². The molecule has 0 atom stereocenters. The van der Waals surface area contributed by atoms with Gasteiger partial charge in [0.1, 0.15) is 12.1 Å². The zero-order chi connectivity index (χ0) is 11.0. The van der Waals surface area contributed by atoms with Gasteiger partial charge in [0.15, 0.2) is 0 Å². The largest absolute Gasteiger partial charge is 0.369 e. The summed E-state index contributed by atoms with van der Waals surface area (Å²) >= 11 is 1.73. The normalized spacial score (nSPS) is 15.6. The van der Waals surface area contributed by atoms with Crippen molar-refractivity contribution in [2.75, 3.05) is 11.9 Å². The Balaban J connectivity index is 1.79. The topological polar surface area (TPSA) is 37.8 Å². The molecule has 0 aromatic carbocycles. The highest BCUT2D eigenvalue weighted by Gasteiger charge is 2.20. The van der Waals surface area contributed by atoms with Crippen LogP contribution in [-0.4, -0.2) is 16.5 Å². The summed E-state index contributed by atoms with van der Waals surface area (Å²) in [7, 11) is 0. The van der Waals surface area contributed by atoms with Gasteiger partial charge in [-0.2, -0.15) is 0 Å². The van der Waals surface area contributed by atoms with Crippen molar-refractivity contribution in [3.63, 3.8) is 0 Å². The molecule has 1 N–H and O–H groups in total. The molecule has 0 amide bonds. The van der Waals surface area contributed by atoms with Crippen LogP contribution in [0.3, 0.4) is 0 Å². The summed E-state index contributed by atoms with van der Waals surface area (Å²) in [6, 6.07) is 0. The third-order valence-corrected chi connectivity index (χ3v) is 4.17. The van der Waals surface area contributed by atoms with Crippen molar-refractivity contribution in [2.24, 2.45) is 5.92 Å². The van der Waals surface area contributed by atoms with E-state index in [1.54, 1.807) is 17.7 Å². The first-order valence-electron chi connectivity index (χ1n) is 5.77. The molecular formula is C12H15N3S. The van der Waals surface area contributed by atoms with Crippen LogP contribution in [0.25, 0.3) is 10.2 Å². The predicted octanol–water partition coefficient (Wildman–Crippen LogP) is 3.21. The lowest BCUT2D eigenvalue weighted by atomic mass is 10.3. The number of nitrogens with one attached hydrogen (secondary N) is 1. The van der Waals surface area contributed by atoms with Gasteiger partial charge in [0.25, 0.3) is 0 Å². The average molecular weight is 233 g/mol. The van der Waals surface area contributed by atoms with Crippen molar-refractivity contribution < 1.29 is 0 Å². The predicted molar refractivity (Wildman–Crippen MR) is 68.0 cm³/mol. The zero-order valence-electron chi connectivity index (χ0n) is 9.36. The number of aromatic nitrogens is 2. The summed E-state index contributed by atoms with van der Waals surface area (Å²) in [6.07, 6.45) is 5.76. The molecule has 0 saturated heterocycles. The van der Waals surface area contributed by atoms with Crippen molar-refractivity contribution in [2.45, 2.75) is 26.2 Å². The quantitative estimate of drug-likeness (QED) is 0.881. The van der Waals surface area contributed by atoms with E-state index in [1.807, 2.05) is 0 Å². The number of hydrogen-bond acceptors (Lipinski definition) is 4. The third kappa shape index (κ3) is 1.89. The maximum Gasteiger partial charge on any atom is 0.147 e. The Labute approximate surface area is 98.9 Å². The first-order chi connectivity index (χ1) is 7.84. The van der Waals surface area contributed by atoms with Crippen molar-refractivity contribution in [3.05, 3.63) is 17.3 Å². The average Bonchev–Trinajstić information content (AvgIpc) is 3.04. The highest BCUT2D eigenvalue weighted by molar-refractivity contribution is 7.18. The molecule has 16 heavy (non-hydrogen) atoms. The molecule has 2 aromatic rings. The molecule has 4 heteroatoms. The van der Waals surface area contributed by atoms with Crippen molar-refractivity contribution in [1.82, 2.24) is 9.97 Å². The molecule has 3 nitrogen and oxygen atoms in total. The second kappa shape index (κ2) is 4.01. The maximum atomic E-state index is 4.33. The smallest absolute Gasteiger partial charge is 0.147 e. The molecule has 0 bridgehead atoms. The number of aryl methyl sites for hydroxylation is 1. The molecule has 0 spiro atoms.